The van der Waals surface area contributed by atoms with E-state index in [1.165, 1.54) is 6.26 Å². The maximum absolute atomic E-state index is 11.9. The van der Waals surface area contributed by atoms with E-state index in [9.17, 15) is 18.6 Å². The van der Waals surface area contributed by atoms with Gasteiger partial charge >= 0.3 is 0 Å². The summed E-state index contributed by atoms with van der Waals surface area (Å²) in [6.45, 7) is 0.870. The summed E-state index contributed by atoms with van der Waals surface area (Å²) in [5.41, 5.74) is 3.37. The number of ether oxygens (including phenoxy) is 3. The largest absolute Gasteiger partial charge is 0.457 e. The second-order valence-corrected chi connectivity index (χ2v) is 12.5. The van der Waals surface area contributed by atoms with Gasteiger partial charge in [-0.3, -0.25) is 0 Å². The summed E-state index contributed by atoms with van der Waals surface area (Å²) in [6, 6.07) is 9.65. The quantitative estimate of drug-likeness (QED) is 0.435. The van der Waals surface area contributed by atoms with Crippen LogP contribution in [0.25, 0.3) is 22.4 Å². The second-order valence-electron chi connectivity index (χ2n) is 9.76. The van der Waals surface area contributed by atoms with E-state index in [2.05, 4.69) is 15.0 Å². The minimum Gasteiger partial charge on any atom is -0.457 e. The topological polar surface area (TPSA) is 144 Å². The van der Waals surface area contributed by atoms with Gasteiger partial charge < -0.3 is 29.4 Å². The van der Waals surface area contributed by atoms with Crippen LogP contribution < -0.4 is 4.74 Å². The number of aliphatic hydroxyl groups excluding tert-OH is 2. The van der Waals surface area contributed by atoms with Crippen molar-refractivity contribution in [1.82, 2.24) is 15.0 Å². The van der Waals surface area contributed by atoms with Gasteiger partial charge in [-0.2, -0.15) is 4.98 Å². The zero-order valence-corrected chi connectivity index (χ0v) is 21.9. The van der Waals surface area contributed by atoms with Crippen LogP contribution in [0.4, 0.5) is 0 Å². The molecule has 3 N–H and O–H groups in total. The second kappa shape index (κ2) is 10.8. The number of aliphatic hydroxyl groups is 2. The van der Waals surface area contributed by atoms with Gasteiger partial charge in [-0.1, -0.05) is 35.9 Å². The lowest BCUT2D eigenvalue weighted by Gasteiger charge is -2.32. The maximum atomic E-state index is 11.9. The van der Waals surface area contributed by atoms with Crippen molar-refractivity contribution in [2.75, 3.05) is 32.7 Å². The van der Waals surface area contributed by atoms with Crippen LogP contribution in [0, 0.1) is 0 Å². The van der Waals surface area contributed by atoms with Crippen molar-refractivity contribution in [2.24, 2.45) is 0 Å². The summed E-state index contributed by atoms with van der Waals surface area (Å²) in [5, 5.41) is 20.2. The first kappa shape index (κ1) is 26.3. The molecule has 3 heterocycles. The smallest absolute Gasteiger partial charge is 0.296 e. The van der Waals surface area contributed by atoms with Crippen molar-refractivity contribution in [2.45, 2.75) is 48.7 Å². The fourth-order valence-corrected chi connectivity index (χ4v) is 6.29. The molecule has 10 nitrogen and oxygen atoms in total. The molecule has 5 rings (SSSR count). The molecule has 2 aromatic heterocycles. The van der Waals surface area contributed by atoms with Gasteiger partial charge in [-0.05, 0) is 30.9 Å². The first-order valence-electron chi connectivity index (χ1n) is 12.2. The molecule has 0 spiro atoms. The summed E-state index contributed by atoms with van der Waals surface area (Å²) in [7, 11) is -3.16. The van der Waals surface area contributed by atoms with E-state index in [1.807, 2.05) is 24.3 Å². The molecular weight excluding hydrogens is 522 g/mol. The third-order valence-electron chi connectivity index (χ3n) is 6.90. The Bertz CT molecular complexity index is 1340. The number of H-pyrrole nitrogens is 1. The summed E-state index contributed by atoms with van der Waals surface area (Å²) in [5.74, 6) is -0.117. The molecule has 1 aliphatic heterocycles. The number of nitrogens with one attached hydrogen (secondary N) is 1. The molecular formula is C25H30ClN3O7S. The Morgan fingerprint density at radius 3 is 2.41 bits per heavy atom. The standard InChI is InChI=1S/C25H30ClN3O7S/c1-37(32,33)18-6-7-19(22(31)8-18)14-2-4-15(5-3-14)23-20(26)9-21-24(28-23)29-25(27-21)36-17-12-34-10-16(30)11-35-13-17/h2-5,9,16-19,22,30-31H,6-8,10-13H2,1H3,(H,27,28,29). The van der Waals surface area contributed by atoms with Crippen LogP contribution in [-0.4, -0.2) is 89.8 Å². The molecule has 1 saturated heterocycles. The number of fused-ring (bicyclic) bond motifs is 1. The van der Waals surface area contributed by atoms with Crippen LogP contribution in [0.15, 0.2) is 30.3 Å². The fourth-order valence-electron chi connectivity index (χ4n) is 4.92. The zero-order chi connectivity index (χ0) is 26.2. The number of benzene rings is 1. The number of nitrogens with zero attached hydrogens (tertiary/aromatic N) is 2. The molecule has 37 heavy (non-hydrogen) atoms. The lowest BCUT2D eigenvalue weighted by Crippen LogP contribution is -2.36. The number of halogens is 1. The van der Waals surface area contributed by atoms with Gasteiger partial charge in [0.2, 0.25) is 0 Å². The van der Waals surface area contributed by atoms with Crippen molar-refractivity contribution < 1.29 is 32.8 Å². The van der Waals surface area contributed by atoms with Gasteiger partial charge in [-0.15, -0.1) is 0 Å². The minimum atomic E-state index is -3.16. The molecule has 3 aromatic rings. The van der Waals surface area contributed by atoms with E-state index in [0.29, 0.717) is 34.7 Å². The molecule has 0 amide bonds. The van der Waals surface area contributed by atoms with E-state index in [-0.39, 0.29) is 44.8 Å². The number of rotatable bonds is 5. The highest BCUT2D eigenvalue weighted by Crippen LogP contribution is 2.37. The molecule has 1 aromatic carbocycles. The van der Waals surface area contributed by atoms with Crippen LogP contribution in [-0.2, 0) is 19.3 Å². The molecule has 0 radical (unpaired) electrons. The highest BCUT2D eigenvalue weighted by Gasteiger charge is 2.34. The molecule has 2 fully saturated rings. The molecule has 200 valence electrons. The first-order valence-corrected chi connectivity index (χ1v) is 14.5. The van der Waals surface area contributed by atoms with Gasteiger partial charge in [0.05, 0.1) is 54.0 Å². The van der Waals surface area contributed by atoms with Gasteiger partial charge in [0.1, 0.15) is 22.0 Å². The maximum Gasteiger partial charge on any atom is 0.296 e. The van der Waals surface area contributed by atoms with E-state index in [4.69, 9.17) is 25.8 Å². The predicted molar refractivity (Wildman–Crippen MR) is 138 cm³/mol. The van der Waals surface area contributed by atoms with Crippen molar-refractivity contribution in [3.63, 3.8) is 0 Å². The number of aromatic amines is 1. The SMILES string of the molecule is CS(=O)(=O)C1CCC(c2ccc(-c3nc4nc(OC5COCC(O)COC5)[nH]c4cc3Cl)cc2)C(O)C1. The summed E-state index contributed by atoms with van der Waals surface area (Å²) < 4.78 is 40.5. The average molecular weight is 552 g/mol. The van der Waals surface area contributed by atoms with E-state index in [1.54, 1.807) is 6.07 Å². The van der Waals surface area contributed by atoms with Crippen LogP contribution in [0.3, 0.4) is 0 Å². The Balaban J connectivity index is 1.30. The average Bonchev–Trinajstić information content (AvgIpc) is 3.22. The summed E-state index contributed by atoms with van der Waals surface area (Å²) in [6.07, 6.45) is 0.880. The van der Waals surface area contributed by atoms with Crippen LogP contribution in [0.5, 0.6) is 6.01 Å². The molecule has 1 saturated carbocycles. The van der Waals surface area contributed by atoms with E-state index in [0.717, 1.165) is 11.1 Å². The summed E-state index contributed by atoms with van der Waals surface area (Å²) >= 11 is 6.55. The Morgan fingerprint density at radius 2 is 1.76 bits per heavy atom. The minimum absolute atomic E-state index is 0.117. The monoisotopic (exact) mass is 551 g/mol. The number of aromatic nitrogens is 3. The molecule has 0 bridgehead atoms. The van der Waals surface area contributed by atoms with Crippen molar-refractivity contribution in [3.8, 4) is 17.3 Å². The van der Waals surface area contributed by atoms with Gasteiger partial charge in [0, 0.05) is 17.7 Å². The zero-order valence-electron chi connectivity index (χ0n) is 20.3. The number of hydrogen-bond acceptors (Lipinski definition) is 9. The van der Waals surface area contributed by atoms with Gasteiger partial charge in [0.25, 0.3) is 6.01 Å². The third-order valence-corrected chi connectivity index (χ3v) is 8.82. The molecule has 3 atom stereocenters. The lowest BCUT2D eigenvalue weighted by atomic mass is 9.81. The Labute approximate surface area is 219 Å². The van der Waals surface area contributed by atoms with Crippen LogP contribution >= 0.6 is 11.6 Å². The van der Waals surface area contributed by atoms with Crippen molar-refractivity contribution in [1.29, 1.82) is 0 Å². The summed E-state index contributed by atoms with van der Waals surface area (Å²) in [4.78, 5) is 12.1. The van der Waals surface area contributed by atoms with Crippen molar-refractivity contribution in [3.05, 3.63) is 40.9 Å². The molecule has 3 unspecified atom stereocenters. The first-order chi connectivity index (χ1) is 17.7. The van der Waals surface area contributed by atoms with E-state index < -0.39 is 33.4 Å². The Morgan fingerprint density at radius 1 is 1.05 bits per heavy atom. The Hall–Kier alpha value is -2.28. The highest BCUT2D eigenvalue weighted by atomic mass is 35.5. The molecule has 2 aliphatic rings. The van der Waals surface area contributed by atoms with E-state index >= 15 is 0 Å². The third kappa shape index (κ3) is 6.08. The highest BCUT2D eigenvalue weighted by molar-refractivity contribution is 7.91. The van der Waals surface area contributed by atoms with Crippen LogP contribution in [0.2, 0.25) is 5.02 Å². The number of pyridine rings is 1. The number of imidazole rings is 1. The molecule has 1 aliphatic carbocycles. The normalized spacial score (nSPS) is 27.5. The number of hydrogen-bond donors (Lipinski definition) is 3. The predicted octanol–water partition coefficient (Wildman–Crippen LogP) is 2.48. The lowest BCUT2D eigenvalue weighted by molar-refractivity contribution is -0.0882. The van der Waals surface area contributed by atoms with Gasteiger partial charge in [0.15, 0.2) is 5.65 Å². The Kier molecular flexibility index (Phi) is 7.71. The van der Waals surface area contributed by atoms with Crippen molar-refractivity contribution >= 4 is 32.6 Å². The number of sulfone groups is 1. The van der Waals surface area contributed by atoms with Crippen LogP contribution in [0.1, 0.15) is 30.7 Å². The molecule has 12 heteroatoms. The van der Waals surface area contributed by atoms with Gasteiger partial charge in [-0.25, -0.2) is 13.4 Å². The fraction of sp³-hybridized carbons (Fsp3) is 0.520.